The maximum Gasteiger partial charge on any atom is 0.326 e. The molecule has 94 valence electrons. The number of hydrogen-bond acceptors (Lipinski definition) is 3. The third kappa shape index (κ3) is 3.48. The Bertz CT molecular complexity index is 260. The van der Waals surface area contributed by atoms with E-state index in [1.807, 2.05) is 13.8 Å². The van der Waals surface area contributed by atoms with Crippen LogP contribution in [0.1, 0.15) is 40.5 Å². The van der Waals surface area contributed by atoms with Crippen LogP contribution in [0.5, 0.6) is 0 Å². The molecule has 0 radical (unpaired) electrons. The molecule has 0 aromatic rings. The second kappa shape index (κ2) is 5.84. The van der Waals surface area contributed by atoms with Crippen LogP contribution in [0, 0.1) is 5.92 Å². The summed E-state index contributed by atoms with van der Waals surface area (Å²) in [5, 5.41) is 11.4. The lowest BCUT2D eigenvalue weighted by Crippen LogP contribution is -2.57. The van der Waals surface area contributed by atoms with Crippen LogP contribution in [-0.2, 0) is 9.59 Å². The molecule has 0 spiro atoms. The number of carbonyl (C=O) groups excluding carboxylic acids is 1. The summed E-state index contributed by atoms with van der Waals surface area (Å²) in [4.78, 5) is 22.8. The SMILES string of the molecule is CCC(N)(CC)C(=O)N[C@@H](C(=O)O)C(C)C. The van der Waals surface area contributed by atoms with Crippen molar-refractivity contribution in [2.24, 2.45) is 11.7 Å². The van der Waals surface area contributed by atoms with Crippen LogP contribution in [0.4, 0.5) is 0 Å². The first kappa shape index (κ1) is 14.9. The van der Waals surface area contributed by atoms with Gasteiger partial charge in [0.2, 0.25) is 5.91 Å². The van der Waals surface area contributed by atoms with Gasteiger partial charge in [0, 0.05) is 0 Å². The second-order valence-corrected chi connectivity index (χ2v) is 4.40. The highest BCUT2D eigenvalue weighted by molar-refractivity contribution is 5.89. The molecule has 0 saturated heterocycles. The van der Waals surface area contributed by atoms with Crippen LogP contribution in [0.25, 0.3) is 0 Å². The van der Waals surface area contributed by atoms with Crippen molar-refractivity contribution in [2.45, 2.75) is 52.1 Å². The molecule has 1 atom stereocenters. The summed E-state index contributed by atoms with van der Waals surface area (Å²) in [6, 6.07) is -0.881. The second-order valence-electron chi connectivity index (χ2n) is 4.40. The summed E-state index contributed by atoms with van der Waals surface area (Å²) in [6.07, 6.45) is 0.972. The number of hydrogen-bond donors (Lipinski definition) is 3. The maximum absolute atomic E-state index is 11.8. The predicted octanol–water partition coefficient (Wildman–Crippen LogP) is 0.729. The van der Waals surface area contributed by atoms with Crippen molar-refractivity contribution >= 4 is 11.9 Å². The van der Waals surface area contributed by atoms with Crippen molar-refractivity contribution in [3.63, 3.8) is 0 Å². The van der Waals surface area contributed by atoms with E-state index in [9.17, 15) is 9.59 Å². The quantitative estimate of drug-likeness (QED) is 0.627. The minimum absolute atomic E-state index is 0.167. The lowest BCUT2D eigenvalue weighted by atomic mass is 9.92. The molecule has 5 nitrogen and oxygen atoms in total. The first-order valence-corrected chi connectivity index (χ1v) is 5.61. The van der Waals surface area contributed by atoms with Gasteiger partial charge in [0.15, 0.2) is 0 Å². The molecule has 0 aromatic heterocycles. The third-order valence-electron chi connectivity index (χ3n) is 2.93. The predicted molar refractivity (Wildman–Crippen MR) is 61.9 cm³/mol. The topological polar surface area (TPSA) is 92.4 Å². The zero-order valence-corrected chi connectivity index (χ0v) is 10.4. The largest absolute Gasteiger partial charge is 0.480 e. The van der Waals surface area contributed by atoms with Crippen molar-refractivity contribution in [3.05, 3.63) is 0 Å². The summed E-state index contributed by atoms with van der Waals surface area (Å²) >= 11 is 0. The Morgan fingerprint density at radius 3 is 2.00 bits per heavy atom. The van der Waals surface area contributed by atoms with E-state index < -0.39 is 23.5 Å². The normalized spacial score (nSPS) is 13.6. The van der Waals surface area contributed by atoms with Gasteiger partial charge in [-0.2, -0.15) is 0 Å². The van der Waals surface area contributed by atoms with Gasteiger partial charge in [-0.05, 0) is 18.8 Å². The van der Waals surface area contributed by atoms with Crippen LogP contribution in [-0.4, -0.2) is 28.6 Å². The average Bonchev–Trinajstić information content (AvgIpc) is 2.23. The van der Waals surface area contributed by atoms with Crippen LogP contribution >= 0.6 is 0 Å². The molecule has 4 N–H and O–H groups in total. The van der Waals surface area contributed by atoms with Gasteiger partial charge in [0.1, 0.15) is 6.04 Å². The van der Waals surface area contributed by atoms with Crippen molar-refractivity contribution < 1.29 is 14.7 Å². The van der Waals surface area contributed by atoms with E-state index >= 15 is 0 Å². The average molecular weight is 230 g/mol. The third-order valence-corrected chi connectivity index (χ3v) is 2.93. The molecule has 0 aliphatic carbocycles. The fourth-order valence-corrected chi connectivity index (χ4v) is 1.37. The van der Waals surface area contributed by atoms with E-state index in [1.165, 1.54) is 0 Å². The van der Waals surface area contributed by atoms with Crippen LogP contribution in [0.15, 0.2) is 0 Å². The smallest absolute Gasteiger partial charge is 0.326 e. The van der Waals surface area contributed by atoms with Crippen molar-refractivity contribution in [1.82, 2.24) is 5.32 Å². The Hall–Kier alpha value is -1.10. The molecule has 0 bridgehead atoms. The summed E-state index contributed by atoms with van der Waals surface area (Å²) in [5.74, 6) is -1.59. The van der Waals surface area contributed by atoms with E-state index in [0.717, 1.165) is 0 Å². The first-order chi connectivity index (χ1) is 7.28. The van der Waals surface area contributed by atoms with Crippen molar-refractivity contribution in [1.29, 1.82) is 0 Å². The van der Waals surface area contributed by atoms with E-state index in [2.05, 4.69) is 5.32 Å². The number of carbonyl (C=O) groups is 2. The Morgan fingerprint density at radius 1 is 1.31 bits per heavy atom. The standard InChI is InChI=1S/C11H22N2O3/c1-5-11(12,6-2)10(16)13-8(7(3)4)9(14)15/h7-8H,5-6,12H2,1-4H3,(H,13,16)(H,14,15)/t8-/m1/s1. The van der Waals surface area contributed by atoms with Crippen LogP contribution < -0.4 is 11.1 Å². The molecule has 0 aliphatic rings. The Labute approximate surface area is 96.4 Å². The molecule has 0 aliphatic heterocycles. The molecule has 0 unspecified atom stereocenters. The molecule has 0 saturated carbocycles. The Kier molecular flexibility index (Phi) is 5.44. The molecule has 16 heavy (non-hydrogen) atoms. The molecule has 0 aromatic carbocycles. The molecule has 0 rings (SSSR count). The fourth-order valence-electron chi connectivity index (χ4n) is 1.37. The number of nitrogens with one attached hydrogen (secondary N) is 1. The lowest BCUT2D eigenvalue weighted by molar-refractivity contribution is -0.144. The highest BCUT2D eigenvalue weighted by Crippen LogP contribution is 2.13. The van der Waals surface area contributed by atoms with E-state index in [4.69, 9.17) is 10.8 Å². The summed E-state index contributed by atoms with van der Waals surface area (Å²) in [7, 11) is 0. The van der Waals surface area contributed by atoms with Crippen LogP contribution in [0.2, 0.25) is 0 Å². The zero-order chi connectivity index (χ0) is 12.9. The maximum atomic E-state index is 11.8. The number of nitrogens with two attached hydrogens (primary N) is 1. The Balaban J connectivity index is 4.70. The van der Waals surface area contributed by atoms with Gasteiger partial charge in [-0.25, -0.2) is 4.79 Å². The number of carboxylic acids is 1. The number of carboxylic acid groups (broad SMARTS) is 1. The molecule has 0 fully saturated rings. The molecular formula is C11H22N2O3. The van der Waals surface area contributed by atoms with Gasteiger partial charge >= 0.3 is 5.97 Å². The fraction of sp³-hybridized carbons (Fsp3) is 0.818. The van der Waals surface area contributed by atoms with E-state index in [-0.39, 0.29) is 5.92 Å². The monoisotopic (exact) mass is 230 g/mol. The minimum atomic E-state index is -1.03. The lowest BCUT2D eigenvalue weighted by Gasteiger charge is -2.28. The van der Waals surface area contributed by atoms with Gasteiger partial charge in [-0.15, -0.1) is 0 Å². The highest BCUT2D eigenvalue weighted by Gasteiger charge is 2.33. The van der Waals surface area contributed by atoms with Crippen molar-refractivity contribution in [3.8, 4) is 0 Å². The van der Waals surface area contributed by atoms with Gasteiger partial charge in [-0.1, -0.05) is 27.7 Å². The Morgan fingerprint density at radius 2 is 1.75 bits per heavy atom. The summed E-state index contributed by atoms with van der Waals surface area (Å²) < 4.78 is 0. The van der Waals surface area contributed by atoms with Crippen molar-refractivity contribution in [2.75, 3.05) is 0 Å². The zero-order valence-electron chi connectivity index (χ0n) is 10.4. The van der Waals surface area contributed by atoms with Gasteiger partial charge < -0.3 is 16.2 Å². The number of amides is 1. The van der Waals surface area contributed by atoms with E-state index in [0.29, 0.717) is 12.8 Å². The number of aliphatic carboxylic acids is 1. The van der Waals surface area contributed by atoms with Gasteiger partial charge in [0.25, 0.3) is 0 Å². The van der Waals surface area contributed by atoms with Gasteiger partial charge in [0.05, 0.1) is 5.54 Å². The van der Waals surface area contributed by atoms with E-state index in [1.54, 1.807) is 13.8 Å². The molecule has 5 heteroatoms. The summed E-state index contributed by atoms with van der Waals surface area (Å²) in [5.41, 5.74) is 4.91. The van der Waals surface area contributed by atoms with Gasteiger partial charge in [-0.3, -0.25) is 4.79 Å². The first-order valence-electron chi connectivity index (χ1n) is 5.61. The minimum Gasteiger partial charge on any atom is -0.480 e. The summed E-state index contributed by atoms with van der Waals surface area (Å²) in [6.45, 7) is 7.12. The molecule has 1 amide bonds. The highest BCUT2D eigenvalue weighted by atomic mass is 16.4. The molecular weight excluding hydrogens is 208 g/mol. The van der Waals surface area contributed by atoms with Crippen LogP contribution in [0.3, 0.4) is 0 Å². The molecule has 0 heterocycles. The number of rotatable bonds is 6.